The first kappa shape index (κ1) is 14.5. The van der Waals surface area contributed by atoms with Gasteiger partial charge in [-0.3, -0.25) is 15.5 Å². The van der Waals surface area contributed by atoms with Crippen molar-refractivity contribution in [2.45, 2.75) is 13.8 Å². The van der Waals surface area contributed by atoms with E-state index in [1.54, 1.807) is 27.0 Å². The van der Waals surface area contributed by atoms with Crippen LogP contribution in [0.4, 0.5) is 11.5 Å². The number of anilines is 1. The maximum atomic E-state index is 11.0. The van der Waals surface area contributed by atoms with E-state index >= 15 is 0 Å². The van der Waals surface area contributed by atoms with Gasteiger partial charge in [0.25, 0.3) is 0 Å². The molecule has 0 aliphatic carbocycles. The molecule has 0 unspecified atom stereocenters. The van der Waals surface area contributed by atoms with Gasteiger partial charge < -0.3 is 0 Å². The fourth-order valence-corrected chi connectivity index (χ4v) is 2.68. The predicted molar refractivity (Wildman–Crippen MR) is 79.8 cm³/mol. The molecule has 7 nitrogen and oxygen atoms in total. The van der Waals surface area contributed by atoms with Crippen molar-refractivity contribution in [2.75, 3.05) is 5.43 Å². The molecule has 0 radical (unpaired) electrons. The van der Waals surface area contributed by atoms with Gasteiger partial charge in [-0.25, -0.2) is 4.68 Å². The minimum Gasteiger partial charge on any atom is -0.258 e. The average Bonchev–Trinajstić information content (AvgIpc) is 2.90. The predicted octanol–water partition coefficient (Wildman–Crippen LogP) is 3.19. The molecule has 2 heterocycles. The van der Waals surface area contributed by atoms with Gasteiger partial charge in [-0.05, 0) is 26.0 Å². The zero-order chi connectivity index (χ0) is 14.9. The lowest BCUT2D eigenvalue weighted by Crippen LogP contribution is -2.04. The number of nitro groups is 1. The summed E-state index contributed by atoms with van der Waals surface area (Å²) >= 11 is 7.25. The Hall–Kier alpha value is -1.93. The molecule has 0 aromatic carbocycles. The SMILES string of the molecule is C/C(=N/Nc1c([N+](=O)[O-])c(C)nn1C)c1ccc(Cl)s1. The normalized spacial score (nSPS) is 11.7. The van der Waals surface area contributed by atoms with Crippen molar-refractivity contribution in [3.05, 3.63) is 37.2 Å². The highest BCUT2D eigenvalue weighted by molar-refractivity contribution is 7.18. The lowest BCUT2D eigenvalue weighted by molar-refractivity contribution is -0.384. The molecular formula is C11H12ClN5O2S. The highest BCUT2D eigenvalue weighted by Gasteiger charge is 2.23. The van der Waals surface area contributed by atoms with Crippen LogP contribution in [-0.4, -0.2) is 20.4 Å². The average molecular weight is 314 g/mol. The van der Waals surface area contributed by atoms with Crippen LogP contribution in [0.5, 0.6) is 0 Å². The van der Waals surface area contributed by atoms with E-state index < -0.39 is 4.92 Å². The molecule has 0 saturated carbocycles. The van der Waals surface area contributed by atoms with Gasteiger partial charge in [0.1, 0.15) is 5.69 Å². The van der Waals surface area contributed by atoms with E-state index in [2.05, 4.69) is 15.6 Å². The first-order valence-electron chi connectivity index (χ1n) is 5.64. The third kappa shape index (κ3) is 2.81. The van der Waals surface area contributed by atoms with Gasteiger partial charge in [-0.15, -0.1) is 11.3 Å². The second kappa shape index (κ2) is 5.59. The molecule has 0 aliphatic heterocycles. The second-order valence-electron chi connectivity index (χ2n) is 4.08. The molecule has 0 spiro atoms. The molecule has 2 aromatic rings. The van der Waals surface area contributed by atoms with Crippen LogP contribution in [0, 0.1) is 17.0 Å². The number of halogens is 1. The third-order valence-corrected chi connectivity index (χ3v) is 3.97. The van der Waals surface area contributed by atoms with Crippen LogP contribution in [0.25, 0.3) is 0 Å². The summed E-state index contributed by atoms with van der Waals surface area (Å²) in [6.45, 7) is 3.38. The second-order valence-corrected chi connectivity index (χ2v) is 5.79. The summed E-state index contributed by atoms with van der Waals surface area (Å²) in [4.78, 5) is 11.4. The topological polar surface area (TPSA) is 85.3 Å². The van der Waals surface area contributed by atoms with Crippen molar-refractivity contribution in [1.29, 1.82) is 0 Å². The van der Waals surface area contributed by atoms with Crippen molar-refractivity contribution in [3.63, 3.8) is 0 Å². The summed E-state index contributed by atoms with van der Waals surface area (Å²) in [7, 11) is 1.62. The molecule has 20 heavy (non-hydrogen) atoms. The Morgan fingerprint density at radius 1 is 1.60 bits per heavy atom. The van der Waals surface area contributed by atoms with Crippen molar-refractivity contribution in [3.8, 4) is 0 Å². The van der Waals surface area contributed by atoms with Gasteiger partial charge in [0.15, 0.2) is 0 Å². The van der Waals surface area contributed by atoms with Crippen molar-refractivity contribution < 1.29 is 4.92 Å². The number of hydrogen-bond acceptors (Lipinski definition) is 6. The zero-order valence-corrected chi connectivity index (χ0v) is 12.6. The molecule has 2 aromatic heterocycles. The van der Waals surface area contributed by atoms with Gasteiger partial charge in [-0.2, -0.15) is 10.2 Å². The number of nitrogens with one attached hydrogen (secondary N) is 1. The Bertz CT molecular complexity index is 691. The van der Waals surface area contributed by atoms with Crippen LogP contribution in [-0.2, 0) is 7.05 Å². The molecule has 0 fully saturated rings. The summed E-state index contributed by atoms with van der Waals surface area (Å²) in [6, 6.07) is 3.62. The molecule has 0 aliphatic rings. The van der Waals surface area contributed by atoms with E-state index in [9.17, 15) is 10.1 Å². The van der Waals surface area contributed by atoms with Gasteiger partial charge in [-0.1, -0.05) is 11.6 Å². The standard InChI is InChI=1S/C11H12ClN5O2S/c1-6(8-4-5-9(12)20-8)13-14-11-10(17(18)19)7(2)15-16(11)3/h4-5,14H,1-3H3/b13-6-. The Balaban J connectivity index is 2.29. The Labute approximate surface area is 124 Å². The first-order chi connectivity index (χ1) is 9.40. The molecular weight excluding hydrogens is 302 g/mol. The Morgan fingerprint density at radius 3 is 2.85 bits per heavy atom. The van der Waals surface area contributed by atoms with E-state index in [0.29, 0.717) is 15.7 Å². The fraction of sp³-hybridized carbons (Fsp3) is 0.273. The first-order valence-corrected chi connectivity index (χ1v) is 6.83. The zero-order valence-electron chi connectivity index (χ0n) is 11.0. The number of rotatable bonds is 4. The number of nitrogens with zero attached hydrogens (tertiary/aromatic N) is 4. The Kier molecular flexibility index (Phi) is 4.05. The van der Waals surface area contributed by atoms with Crippen LogP contribution in [0.15, 0.2) is 17.2 Å². The number of aromatic nitrogens is 2. The number of hydrazone groups is 1. The summed E-state index contributed by atoms with van der Waals surface area (Å²) in [5.41, 5.74) is 3.66. The number of hydrogen-bond donors (Lipinski definition) is 1. The summed E-state index contributed by atoms with van der Waals surface area (Å²) < 4.78 is 2.06. The number of aryl methyl sites for hydroxylation is 2. The van der Waals surface area contributed by atoms with Crippen LogP contribution in [0.1, 0.15) is 17.5 Å². The summed E-state index contributed by atoms with van der Waals surface area (Å²) in [6.07, 6.45) is 0. The minimum absolute atomic E-state index is 0.0757. The van der Waals surface area contributed by atoms with Crippen LogP contribution < -0.4 is 5.43 Å². The molecule has 0 amide bonds. The third-order valence-electron chi connectivity index (χ3n) is 2.63. The van der Waals surface area contributed by atoms with Gasteiger partial charge >= 0.3 is 5.69 Å². The highest BCUT2D eigenvalue weighted by atomic mass is 35.5. The van der Waals surface area contributed by atoms with E-state index in [0.717, 1.165) is 4.88 Å². The molecule has 0 atom stereocenters. The maximum absolute atomic E-state index is 11.0. The van der Waals surface area contributed by atoms with Crippen molar-refractivity contribution in [2.24, 2.45) is 12.1 Å². The smallest absolute Gasteiger partial charge is 0.258 e. The van der Waals surface area contributed by atoms with Crippen LogP contribution in [0.2, 0.25) is 4.34 Å². The van der Waals surface area contributed by atoms with Gasteiger partial charge in [0.2, 0.25) is 5.82 Å². The number of thiophene rings is 1. The molecule has 0 bridgehead atoms. The van der Waals surface area contributed by atoms with E-state index in [4.69, 9.17) is 11.6 Å². The lowest BCUT2D eigenvalue weighted by Gasteiger charge is -2.01. The molecule has 0 saturated heterocycles. The van der Waals surface area contributed by atoms with Crippen molar-refractivity contribution >= 4 is 40.2 Å². The summed E-state index contributed by atoms with van der Waals surface area (Å²) in [5, 5.41) is 19.2. The monoisotopic (exact) mass is 313 g/mol. The van der Waals surface area contributed by atoms with E-state index in [1.165, 1.54) is 16.0 Å². The molecule has 106 valence electrons. The van der Waals surface area contributed by atoms with E-state index in [-0.39, 0.29) is 11.5 Å². The Morgan fingerprint density at radius 2 is 2.30 bits per heavy atom. The maximum Gasteiger partial charge on any atom is 0.335 e. The van der Waals surface area contributed by atoms with Gasteiger partial charge in [0, 0.05) is 7.05 Å². The molecule has 9 heteroatoms. The largest absolute Gasteiger partial charge is 0.335 e. The lowest BCUT2D eigenvalue weighted by atomic mass is 10.3. The quantitative estimate of drug-likeness (QED) is 0.533. The molecule has 2 rings (SSSR count). The van der Waals surface area contributed by atoms with Crippen LogP contribution in [0.3, 0.4) is 0 Å². The fourth-order valence-electron chi connectivity index (χ4n) is 1.69. The van der Waals surface area contributed by atoms with Gasteiger partial charge in [0.05, 0.1) is 19.8 Å². The molecule has 1 N–H and O–H groups in total. The van der Waals surface area contributed by atoms with E-state index in [1.807, 2.05) is 6.07 Å². The van der Waals surface area contributed by atoms with Crippen molar-refractivity contribution in [1.82, 2.24) is 9.78 Å². The highest BCUT2D eigenvalue weighted by Crippen LogP contribution is 2.27. The summed E-state index contributed by atoms with van der Waals surface area (Å²) in [5.74, 6) is 0.245. The van der Waals surface area contributed by atoms with Crippen LogP contribution >= 0.6 is 22.9 Å². The minimum atomic E-state index is -0.475.